The molecular formula is C20H41NO2Sn. The zero-order valence-electron chi connectivity index (χ0n) is 17.1. The van der Waals surface area contributed by atoms with E-state index in [1.54, 1.807) is 14.1 Å². The van der Waals surface area contributed by atoms with E-state index in [0.717, 1.165) is 5.57 Å². The molecule has 0 saturated carbocycles. The summed E-state index contributed by atoms with van der Waals surface area (Å²) in [6.45, 7) is 13.2. The molecule has 142 valence electrons. The van der Waals surface area contributed by atoms with E-state index in [4.69, 9.17) is 4.74 Å². The molecule has 0 radical (unpaired) electrons. The minimum absolute atomic E-state index is 0.166. The van der Waals surface area contributed by atoms with Gasteiger partial charge in [0.1, 0.15) is 0 Å². The zero-order chi connectivity index (χ0) is 18.6. The molecule has 0 rings (SSSR count). The van der Waals surface area contributed by atoms with Crippen LogP contribution in [0.5, 0.6) is 0 Å². The molecule has 0 aliphatic carbocycles. The fraction of sp³-hybridized carbons (Fsp3) is 0.850. The van der Waals surface area contributed by atoms with Gasteiger partial charge in [0.2, 0.25) is 0 Å². The third-order valence-corrected chi connectivity index (χ3v) is 20.5. The van der Waals surface area contributed by atoms with Crippen LogP contribution in [-0.2, 0) is 4.74 Å². The second-order valence-corrected chi connectivity index (χ2v) is 21.4. The van der Waals surface area contributed by atoms with Crippen molar-refractivity contribution in [1.82, 2.24) is 4.90 Å². The predicted molar refractivity (Wildman–Crippen MR) is 108 cm³/mol. The van der Waals surface area contributed by atoms with Crippen molar-refractivity contribution in [2.45, 2.75) is 90.1 Å². The fourth-order valence-corrected chi connectivity index (χ4v) is 19.9. The van der Waals surface area contributed by atoms with E-state index in [0.29, 0.717) is 0 Å². The molecule has 1 atom stereocenters. The van der Waals surface area contributed by atoms with E-state index >= 15 is 0 Å². The van der Waals surface area contributed by atoms with Crippen molar-refractivity contribution in [1.29, 1.82) is 0 Å². The monoisotopic (exact) mass is 447 g/mol. The van der Waals surface area contributed by atoms with Gasteiger partial charge in [-0.2, -0.15) is 0 Å². The van der Waals surface area contributed by atoms with Gasteiger partial charge in [0.25, 0.3) is 0 Å². The van der Waals surface area contributed by atoms with Crippen molar-refractivity contribution in [2.24, 2.45) is 0 Å². The van der Waals surface area contributed by atoms with Crippen molar-refractivity contribution in [3.8, 4) is 0 Å². The van der Waals surface area contributed by atoms with E-state index in [2.05, 4.69) is 27.4 Å². The molecule has 0 saturated heterocycles. The van der Waals surface area contributed by atoms with Crippen LogP contribution in [-0.4, -0.2) is 49.6 Å². The Bertz CT molecular complexity index is 347. The molecule has 0 aliphatic rings. The molecule has 0 aromatic carbocycles. The summed E-state index contributed by atoms with van der Waals surface area (Å²) in [6, 6.07) is 0. The van der Waals surface area contributed by atoms with Gasteiger partial charge in [0, 0.05) is 0 Å². The molecule has 0 heterocycles. The summed E-state index contributed by atoms with van der Waals surface area (Å²) in [6.07, 6.45) is 7.52. The third kappa shape index (κ3) is 9.33. The van der Waals surface area contributed by atoms with E-state index < -0.39 is 18.4 Å². The number of hydrogen-bond donors (Lipinski definition) is 0. The minimum atomic E-state index is -2.24. The number of amides is 1. The standard InChI is InChI=1S/C8H14NO2.3C4H9.Sn/c1-6(2)7(3)11-8(10)9(4)5;3*1-3-4-2;/h7H,1-2H2,3-5H3;3*1,3-4H2,2H3;. The molecule has 0 fully saturated rings. The number of carbonyl (C=O) groups excluding carboxylic acids is 1. The molecule has 0 spiro atoms. The maximum atomic E-state index is 11.8. The first-order valence-electron chi connectivity index (χ1n) is 9.87. The molecule has 0 aliphatic heterocycles. The molecule has 0 bridgehead atoms. The Kier molecular flexibility index (Phi) is 13.0. The van der Waals surface area contributed by atoms with E-state index in [1.165, 1.54) is 61.2 Å². The maximum absolute atomic E-state index is 11.8. The van der Waals surface area contributed by atoms with Crippen LogP contribution in [0.15, 0.2) is 12.2 Å². The average Bonchev–Trinajstić information content (AvgIpc) is 2.55. The fourth-order valence-electron chi connectivity index (χ4n) is 3.26. The van der Waals surface area contributed by atoms with Crippen molar-refractivity contribution in [2.75, 3.05) is 14.1 Å². The molecule has 24 heavy (non-hydrogen) atoms. The van der Waals surface area contributed by atoms with E-state index in [9.17, 15) is 4.79 Å². The van der Waals surface area contributed by atoms with Crippen molar-refractivity contribution < 1.29 is 9.53 Å². The van der Waals surface area contributed by atoms with Crippen molar-refractivity contribution in [3.05, 3.63) is 12.2 Å². The van der Waals surface area contributed by atoms with Gasteiger partial charge < -0.3 is 0 Å². The summed E-state index contributed by atoms with van der Waals surface area (Å²) >= 11 is -2.24. The van der Waals surface area contributed by atoms with Gasteiger partial charge >= 0.3 is 155 Å². The van der Waals surface area contributed by atoms with Gasteiger partial charge in [-0.1, -0.05) is 0 Å². The average molecular weight is 446 g/mol. The molecule has 1 unspecified atom stereocenters. The first-order chi connectivity index (χ1) is 11.3. The SMILES string of the molecule is C=C([CH2][Sn]([CH2]CCC)([CH2]CCC)[CH2]CCC)C(C)OC(=O)N(C)C. The summed E-state index contributed by atoms with van der Waals surface area (Å²) in [5.41, 5.74) is 1.16. The third-order valence-electron chi connectivity index (χ3n) is 5.00. The van der Waals surface area contributed by atoms with Crippen LogP contribution in [0.1, 0.15) is 66.2 Å². The number of rotatable bonds is 13. The van der Waals surface area contributed by atoms with Gasteiger partial charge in [0.15, 0.2) is 0 Å². The summed E-state index contributed by atoms with van der Waals surface area (Å²) in [5, 5.41) is 0. The zero-order valence-corrected chi connectivity index (χ0v) is 20.0. The van der Waals surface area contributed by atoms with Gasteiger partial charge in [-0.3, -0.25) is 0 Å². The quantitative estimate of drug-likeness (QED) is 0.240. The van der Waals surface area contributed by atoms with Crippen LogP contribution in [0.2, 0.25) is 17.7 Å². The van der Waals surface area contributed by atoms with Gasteiger partial charge in [0.05, 0.1) is 0 Å². The Morgan fingerprint density at radius 3 is 1.75 bits per heavy atom. The molecule has 0 aromatic rings. The summed E-state index contributed by atoms with van der Waals surface area (Å²) < 4.78 is 11.2. The Balaban J connectivity index is 5.02. The Morgan fingerprint density at radius 2 is 1.42 bits per heavy atom. The van der Waals surface area contributed by atoms with Crippen LogP contribution in [0.4, 0.5) is 4.79 Å². The molecule has 3 nitrogen and oxygen atoms in total. The van der Waals surface area contributed by atoms with Crippen molar-refractivity contribution >= 4 is 24.5 Å². The van der Waals surface area contributed by atoms with Crippen LogP contribution in [0, 0.1) is 0 Å². The van der Waals surface area contributed by atoms with Gasteiger partial charge in [-0.25, -0.2) is 0 Å². The van der Waals surface area contributed by atoms with Crippen LogP contribution < -0.4 is 0 Å². The summed E-state index contributed by atoms with van der Waals surface area (Å²) in [4.78, 5) is 13.3. The van der Waals surface area contributed by atoms with Gasteiger partial charge in [-0.05, 0) is 0 Å². The van der Waals surface area contributed by atoms with Crippen LogP contribution in [0.3, 0.4) is 0 Å². The Labute approximate surface area is 155 Å². The van der Waals surface area contributed by atoms with Crippen LogP contribution in [0.25, 0.3) is 0 Å². The van der Waals surface area contributed by atoms with Gasteiger partial charge in [-0.15, -0.1) is 0 Å². The molecule has 1 amide bonds. The first kappa shape index (κ1) is 23.8. The molecule has 0 aromatic heterocycles. The normalized spacial score (nSPS) is 12.8. The predicted octanol–water partition coefficient (Wildman–Crippen LogP) is 6.48. The molecule has 4 heteroatoms. The second kappa shape index (κ2) is 13.1. The number of nitrogens with zero attached hydrogens (tertiary/aromatic N) is 1. The van der Waals surface area contributed by atoms with Crippen molar-refractivity contribution in [3.63, 3.8) is 0 Å². The Hall–Kier alpha value is -0.191. The number of ether oxygens (including phenoxy) is 1. The number of unbranched alkanes of at least 4 members (excludes halogenated alkanes) is 3. The van der Waals surface area contributed by atoms with E-state index in [1.807, 2.05) is 6.92 Å². The molecular weight excluding hydrogens is 405 g/mol. The topological polar surface area (TPSA) is 29.5 Å². The second-order valence-electron chi connectivity index (χ2n) is 7.57. The summed E-state index contributed by atoms with van der Waals surface area (Å²) in [5.74, 6) is 0. The Morgan fingerprint density at radius 1 is 1.00 bits per heavy atom. The number of carbonyl (C=O) groups is 1. The van der Waals surface area contributed by atoms with Crippen LogP contribution >= 0.6 is 0 Å². The molecule has 0 N–H and O–H groups in total. The van der Waals surface area contributed by atoms with E-state index in [-0.39, 0.29) is 12.2 Å². The number of hydrogen-bond acceptors (Lipinski definition) is 2. The first-order valence-corrected chi connectivity index (χ1v) is 17.9. The summed E-state index contributed by atoms with van der Waals surface area (Å²) in [7, 11) is 3.45.